The number of carbonyl (C=O) groups is 2. The van der Waals surface area contributed by atoms with Crippen molar-refractivity contribution in [3.05, 3.63) is 33.8 Å². The first-order chi connectivity index (χ1) is 9.15. The average molecular weight is 319 g/mol. The van der Waals surface area contributed by atoms with Gasteiger partial charge >= 0.3 is 6.09 Å². The van der Waals surface area contributed by atoms with Crippen LogP contribution >= 0.6 is 23.2 Å². The fraction of sp³-hybridized carbons (Fsp3) is 0.385. The lowest BCUT2D eigenvalue weighted by Crippen LogP contribution is -2.44. The van der Waals surface area contributed by atoms with Gasteiger partial charge in [0.1, 0.15) is 5.60 Å². The molecule has 2 N–H and O–H groups in total. The maximum atomic E-state index is 11.6. The molecular weight excluding hydrogens is 303 g/mol. The van der Waals surface area contributed by atoms with Gasteiger partial charge in [-0.2, -0.15) is 0 Å². The zero-order chi connectivity index (χ0) is 15.3. The van der Waals surface area contributed by atoms with Gasteiger partial charge in [-0.3, -0.25) is 10.2 Å². The monoisotopic (exact) mass is 318 g/mol. The molecule has 1 aromatic carbocycles. The Balaban J connectivity index is 2.46. The normalized spacial score (nSPS) is 10.8. The minimum atomic E-state index is -0.727. The summed E-state index contributed by atoms with van der Waals surface area (Å²) in [5.74, 6) is -0.408. The highest BCUT2D eigenvalue weighted by atomic mass is 35.5. The van der Waals surface area contributed by atoms with E-state index in [1.54, 1.807) is 39.0 Å². The lowest BCUT2D eigenvalue weighted by atomic mass is 10.1. The van der Waals surface area contributed by atoms with E-state index in [-0.39, 0.29) is 6.42 Å². The highest BCUT2D eigenvalue weighted by Crippen LogP contribution is 2.19. The fourth-order valence-corrected chi connectivity index (χ4v) is 1.94. The Morgan fingerprint density at radius 3 is 2.15 bits per heavy atom. The molecule has 2 amide bonds. The molecule has 0 radical (unpaired) electrons. The highest BCUT2D eigenvalue weighted by Gasteiger charge is 2.16. The predicted octanol–water partition coefficient (Wildman–Crippen LogP) is 3.09. The van der Waals surface area contributed by atoms with Crippen molar-refractivity contribution in [2.45, 2.75) is 32.8 Å². The molecule has 0 atom stereocenters. The van der Waals surface area contributed by atoms with Gasteiger partial charge in [0, 0.05) is 10.0 Å². The lowest BCUT2D eigenvalue weighted by Gasteiger charge is -2.19. The second kappa shape index (κ2) is 6.81. The van der Waals surface area contributed by atoms with Crippen molar-refractivity contribution < 1.29 is 14.3 Å². The summed E-state index contributed by atoms with van der Waals surface area (Å²) in [7, 11) is 0. The number of halogens is 2. The highest BCUT2D eigenvalue weighted by molar-refractivity contribution is 6.34. The molecule has 1 aromatic rings. The molecule has 5 nitrogen and oxygen atoms in total. The molecule has 0 aliphatic rings. The van der Waals surface area contributed by atoms with Crippen LogP contribution in [0.5, 0.6) is 0 Å². The van der Waals surface area contributed by atoms with Crippen molar-refractivity contribution >= 4 is 35.2 Å². The molecule has 0 unspecified atom stereocenters. The van der Waals surface area contributed by atoms with E-state index in [9.17, 15) is 9.59 Å². The zero-order valence-electron chi connectivity index (χ0n) is 11.4. The summed E-state index contributed by atoms with van der Waals surface area (Å²) in [6, 6.07) is 4.82. The van der Waals surface area contributed by atoms with Crippen molar-refractivity contribution in [1.29, 1.82) is 0 Å². The summed E-state index contributed by atoms with van der Waals surface area (Å²) in [6.07, 6.45) is -0.689. The van der Waals surface area contributed by atoms with Crippen LogP contribution in [0.3, 0.4) is 0 Å². The Kier molecular flexibility index (Phi) is 5.65. The summed E-state index contributed by atoms with van der Waals surface area (Å²) in [6.45, 7) is 5.17. The van der Waals surface area contributed by atoms with Crippen LogP contribution in [0.15, 0.2) is 18.2 Å². The smallest absolute Gasteiger partial charge is 0.426 e. The maximum Gasteiger partial charge on any atom is 0.426 e. The Bertz CT molecular complexity index is 493. The van der Waals surface area contributed by atoms with E-state index < -0.39 is 17.6 Å². The lowest BCUT2D eigenvalue weighted by molar-refractivity contribution is -0.121. The van der Waals surface area contributed by atoms with E-state index in [1.807, 2.05) is 0 Å². The number of ether oxygens (including phenoxy) is 1. The van der Waals surface area contributed by atoms with Gasteiger partial charge in [-0.15, -0.1) is 0 Å². The van der Waals surface area contributed by atoms with Gasteiger partial charge in [0.15, 0.2) is 0 Å². The molecule has 0 aliphatic carbocycles. The number of hydrogen-bond donors (Lipinski definition) is 2. The zero-order valence-corrected chi connectivity index (χ0v) is 12.9. The molecule has 1 rings (SSSR count). The number of benzene rings is 1. The molecule has 110 valence electrons. The molecule has 0 aromatic heterocycles. The van der Waals surface area contributed by atoms with E-state index >= 15 is 0 Å². The van der Waals surface area contributed by atoms with Gasteiger partial charge in [-0.25, -0.2) is 10.2 Å². The van der Waals surface area contributed by atoms with Crippen LogP contribution in [0, 0.1) is 0 Å². The second-order valence-electron chi connectivity index (χ2n) is 5.13. The van der Waals surface area contributed by atoms with Gasteiger partial charge in [-0.05, 0) is 44.5 Å². The molecule has 7 heteroatoms. The third-order valence-electron chi connectivity index (χ3n) is 1.99. The maximum absolute atomic E-state index is 11.6. The van der Waals surface area contributed by atoms with Crippen LogP contribution in [-0.2, 0) is 16.0 Å². The number of hydrogen-bond acceptors (Lipinski definition) is 3. The minimum Gasteiger partial charge on any atom is -0.443 e. The van der Waals surface area contributed by atoms with Gasteiger partial charge in [-0.1, -0.05) is 23.2 Å². The number of carbonyl (C=O) groups excluding carboxylic acids is 2. The molecule has 0 aliphatic heterocycles. The topological polar surface area (TPSA) is 67.4 Å². The average Bonchev–Trinajstić information content (AvgIpc) is 2.22. The predicted molar refractivity (Wildman–Crippen MR) is 77.7 cm³/mol. The van der Waals surface area contributed by atoms with Crippen LogP contribution in [0.4, 0.5) is 4.79 Å². The van der Waals surface area contributed by atoms with Gasteiger partial charge in [0.2, 0.25) is 5.91 Å². The molecule has 0 spiro atoms. The number of nitrogens with one attached hydrogen (secondary N) is 2. The van der Waals surface area contributed by atoms with E-state index in [1.165, 1.54) is 0 Å². The first-order valence-electron chi connectivity index (χ1n) is 5.88. The summed E-state index contributed by atoms with van der Waals surface area (Å²) in [5.41, 5.74) is 4.42. The third kappa shape index (κ3) is 6.63. The fourth-order valence-electron chi connectivity index (χ4n) is 1.37. The van der Waals surface area contributed by atoms with Crippen molar-refractivity contribution in [3.8, 4) is 0 Å². The van der Waals surface area contributed by atoms with Crippen LogP contribution in [0.2, 0.25) is 10.0 Å². The Morgan fingerprint density at radius 2 is 1.65 bits per heavy atom. The quantitative estimate of drug-likeness (QED) is 0.823. The van der Waals surface area contributed by atoms with Crippen molar-refractivity contribution in [3.63, 3.8) is 0 Å². The van der Waals surface area contributed by atoms with Gasteiger partial charge in [0.25, 0.3) is 0 Å². The minimum absolute atomic E-state index is 0.0378. The van der Waals surface area contributed by atoms with Gasteiger partial charge in [0.05, 0.1) is 6.42 Å². The van der Waals surface area contributed by atoms with Crippen molar-refractivity contribution in [1.82, 2.24) is 10.9 Å². The molecule has 0 bridgehead atoms. The standard InChI is InChI=1S/C13H16Cl2N2O3/c1-13(2,3)20-12(19)17-16-11(18)6-8-4-9(14)7-10(15)5-8/h4-5,7H,6H2,1-3H3,(H,16,18)(H,17,19). The van der Waals surface area contributed by atoms with Crippen LogP contribution in [-0.4, -0.2) is 17.6 Å². The van der Waals surface area contributed by atoms with Crippen LogP contribution in [0.25, 0.3) is 0 Å². The number of amides is 2. The number of hydrazine groups is 1. The molecule has 20 heavy (non-hydrogen) atoms. The first kappa shape index (κ1) is 16.6. The van der Waals surface area contributed by atoms with Crippen LogP contribution < -0.4 is 10.9 Å². The van der Waals surface area contributed by atoms with Crippen LogP contribution in [0.1, 0.15) is 26.3 Å². The second-order valence-corrected chi connectivity index (χ2v) is 6.00. The third-order valence-corrected chi connectivity index (χ3v) is 2.43. The summed E-state index contributed by atoms with van der Waals surface area (Å²) >= 11 is 11.7. The Labute approximate surface area is 127 Å². The molecule has 0 fully saturated rings. The SMILES string of the molecule is CC(C)(C)OC(=O)NNC(=O)Cc1cc(Cl)cc(Cl)c1. The van der Waals surface area contributed by atoms with Gasteiger partial charge < -0.3 is 4.74 Å². The van der Waals surface area contributed by atoms with E-state index in [2.05, 4.69) is 10.9 Å². The van der Waals surface area contributed by atoms with E-state index in [0.717, 1.165) is 0 Å². The summed E-state index contributed by atoms with van der Waals surface area (Å²) < 4.78 is 4.97. The Hall–Kier alpha value is -1.46. The number of rotatable bonds is 2. The Morgan fingerprint density at radius 1 is 1.10 bits per heavy atom. The van der Waals surface area contributed by atoms with E-state index in [0.29, 0.717) is 15.6 Å². The van der Waals surface area contributed by atoms with Crippen molar-refractivity contribution in [2.24, 2.45) is 0 Å². The molecule has 0 saturated carbocycles. The molecule has 0 heterocycles. The summed E-state index contributed by atoms with van der Waals surface area (Å²) in [5, 5.41) is 0.890. The first-order valence-corrected chi connectivity index (χ1v) is 6.64. The molecular formula is C13H16Cl2N2O3. The molecule has 0 saturated heterocycles. The largest absolute Gasteiger partial charge is 0.443 e. The summed E-state index contributed by atoms with van der Waals surface area (Å²) in [4.78, 5) is 23.0. The van der Waals surface area contributed by atoms with E-state index in [4.69, 9.17) is 27.9 Å². The van der Waals surface area contributed by atoms with Crippen molar-refractivity contribution in [2.75, 3.05) is 0 Å².